The third-order valence-corrected chi connectivity index (χ3v) is 3.87. The minimum absolute atomic E-state index is 0.273. The van der Waals surface area contributed by atoms with E-state index in [4.69, 9.17) is 0 Å². The predicted molar refractivity (Wildman–Crippen MR) is 63.2 cm³/mol. The first-order chi connectivity index (χ1) is 7.36. The lowest BCUT2D eigenvalue weighted by Crippen LogP contribution is -2.14. The lowest BCUT2D eigenvalue weighted by molar-refractivity contribution is 0.0958. The SMILES string of the molecule is O=C(CC1CCSCC1)c1ccncc1. The molecule has 15 heavy (non-hydrogen) atoms. The monoisotopic (exact) mass is 221 g/mol. The average Bonchev–Trinajstić information content (AvgIpc) is 2.31. The summed E-state index contributed by atoms with van der Waals surface area (Å²) in [4.78, 5) is 15.8. The second-order valence-corrected chi connectivity index (χ2v) is 5.14. The molecule has 2 nitrogen and oxygen atoms in total. The van der Waals surface area contributed by atoms with Gasteiger partial charge in [0, 0.05) is 24.4 Å². The van der Waals surface area contributed by atoms with Crippen molar-refractivity contribution in [1.29, 1.82) is 0 Å². The number of carbonyl (C=O) groups is 1. The van der Waals surface area contributed by atoms with Crippen LogP contribution in [0.1, 0.15) is 29.6 Å². The normalized spacial score (nSPS) is 17.6. The fourth-order valence-electron chi connectivity index (χ4n) is 1.87. The highest BCUT2D eigenvalue weighted by molar-refractivity contribution is 7.99. The maximum absolute atomic E-state index is 11.9. The van der Waals surface area contributed by atoms with E-state index in [9.17, 15) is 4.79 Å². The molecule has 1 aromatic heterocycles. The van der Waals surface area contributed by atoms with Gasteiger partial charge >= 0.3 is 0 Å². The van der Waals surface area contributed by atoms with Crippen LogP contribution in [-0.2, 0) is 0 Å². The number of ketones is 1. The zero-order valence-corrected chi connectivity index (χ0v) is 9.50. The van der Waals surface area contributed by atoms with Crippen LogP contribution < -0.4 is 0 Å². The van der Waals surface area contributed by atoms with E-state index in [2.05, 4.69) is 4.98 Å². The second-order valence-electron chi connectivity index (χ2n) is 3.92. The number of hydrogen-bond acceptors (Lipinski definition) is 3. The molecule has 0 aromatic carbocycles. The number of aromatic nitrogens is 1. The number of thioether (sulfide) groups is 1. The first-order valence-corrected chi connectivity index (χ1v) is 6.52. The minimum Gasteiger partial charge on any atom is -0.294 e. The van der Waals surface area contributed by atoms with Gasteiger partial charge in [-0.25, -0.2) is 0 Å². The van der Waals surface area contributed by atoms with Gasteiger partial charge in [0.15, 0.2) is 5.78 Å². The van der Waals surface area contributed by atoms with Gasteiger partial charge in [0.25, 0.3) is 0 Å². The van der Waals surface area contributed by atoms with E-state index < -0.39 is 0 Å². The van der Waals surface area contributed by atoms with Gasteiger partial charge in [-0.15, -0.1) is 0 Å². The smallest absolute Gasteiger partial charge is 0.163 e. The predicted octanol–water partition coefficient (Wildman–Crippen LogP) is 2.80. The largest absolute Gasteiger partial charge is 0.294 e. The molecule has 0 unspecified atom stereocenters. The summed E-state index contributed by atoms with van der Waals surface area (Å²) in [6.45, 7) is 0. The minimum atomic E-state index is 0.273. The van der Waals surface area contributed by atoms with Crippen molar-refractivity contribution in [2.45, 2.75) is 19.3 Å². The van der Waals surface area contributed by atoms with E-state index in [0.29, 0.717) is 12.3 Å². The molecule has 80 valence electrons. The summed E-state index contributed by atoms with van der Waals surface area (Å²) in [5, 5.41) is 0. The Morgan fingerprint density at radius 1 is 1.33 bits per heavy atom. The highest BCUT2D eigenvalue weighted by Crippen LogP contribution is 2.26. The summed E-state index contributed by atoms with van der Waals surface area (Å²) in [7, 11) is 0. The van der Waals surface area contributed by atoms with Crippen LogP contribution in [0.2, 0.25) is 0 Å². The van der Waals surface area contributed by atoms with Crippen LogP contribution in [0.25, 0.3) is 0 Å². The standard InChI is InChI=1S/C12H15NOS/c14-12(11-1-5-13-6-2-11)9-10-3-7-15-8-4-10/h1-2,5-6,10H,3-4,7-9H2. The third-order valence-electron chi connectivity index (χ3n) is 2.82. The Labute approximate surface area is 94.5 Å². The van der Waals surface area contributed by atoms with Crippen LogP contribution >= 0.6 is 11.8 Å². The molecule has 0 amide bonds. The Morgan fingerprint density at radius 2 is 2.00 bits per heavy atom. The van der Waals surface area contributed by atoms with Crippen molar-refractivity contribution in [3.63, 3.8) is 0 Å². The molecule has 0 N–H and O–H groups in total. The molecule has 1 fully saturated rings. The van der Waals surface area contributed by atoms with E-state index in [1.165, 1.54) is 24.3 Å². The van der Waals surface area contributed by atoms with Crippen LogP contribution in [0.4, 0.5) is 0 Å². The van der Waals surface area contributed by atoms with Crippen LogP contribution in [0, 0.1) is 5.92 Å². The molecule has 2 rings (SSSR count). The molecule has 1 aliphatic heterocycles. The highest BCUT2D eigenvalue weighted by atomic mass is 32.2. The maximum Gasteiger partial charge on any atom is 0.163 e. The Kier molecular flexibility index (Phi) is 3.78. The molecular weight excluding hydrogens is 206 g/mol. The molecule has 0 aliphatic carbocycles. The fourth-order valence-corrected chi connectivity index (χ4v) is 3.07. The zero-order chi connectivity index (χ0) is 10.5. The van der Waals surface area contributed by atoms with Crippen molar-refractivity contribution in [2.75, 3.05) is 11.5 Å². The summed E-state index contributed by atoms with van der Waals surface area (Å²) in [5.74, 6) is 3.31. The molecule has 0 saturated carbocycles. The van der Waals surface area contributed by atoms with Crippen LogP contribution in [0.15, 0.2) is 24.5 Å². The Hall–Kier alpha value is -0.830. The topological polar surface area (TPSA) is 30.0 Å². The number of pyridine rings is 1. The van der Waals surface area contributed by atoms with E-state index in [0.717, 1.165) is 5.56 Å². The second kappa shape index (κ2) is 5.31. The van der Waals surface area contributed by atoms with Gasteiger partial charge in [0.05, 0.1) is 0 Å². The average molecular weight is 221 g/mol. The lowest BCUT2D eigenvalue weighted by Gasteiger charge is -2.20. The summed E-state index contributed by atoms with van der Waals surface area (Å²) >= 11 is 2.00. The molecule has 0 atom stereocenters. The molecular formula is C12H15NOS. The molecule has 1 aromatic rings. The van der Waals surface area contributed by atoms with Crippen molar-refractivity contribution < 1.29 is 4.79 Å². The maximum atomic E-state index is 11.9. The lowest BCUT2D eigenvalue weighted by atomic mass is 9.94. The number of carbonyl (C=O) groups excluding carboxylic acids is 1. The summed E-state index contributed by atoms with van der Waals surface area (Å²) in [6, 6.07) is 3.61. The molecule has 0 bridgehead atoms. The van der Waals surface area contributed by atoms with Crippen molar-refractivity contribution >= 4 is 17.5 Å². The van der Waals surface area contributed by atoms with Gasteiger partial charge in [0.2, 0.25) is 0 Å². The molecule has 0 radical (unpaired) electrons. The van der Waals surface area contributed by atoms with E-state index in [1.807, 2.05) is 11.8 Å². The van der Waals surface area contributed by atoms with Gasteiger partial charge < -0.3 is 0 Å². The molecule has 3 heteroatoms. The number of nitrogens with zero attached hydrogens (tertiary/aromatic N) is 1. The van der Waals surface area contributed by atoms with Gasteiger partial charge in [-0.05, 0) is 42.4 Å². The number of hydrogen-bond donors (Lipinski definition) is 0. The molecule has 0 spiro atoms. The zero-order valence-electron chi connectivity index (χ0n) is 8.69. The van der Waals surface area contributed by atoms with Gasteiger partial charge in [-0.3, -0.25) is 9.78 Å². The van der Waals surface area contributed by atoms with E-state index in [1.54, 1.807) is 24.5 Å². The Bertz CT molecular complexity index is 320. The third kappa shape index (κ3) is 3.06. The van der Waals surface area contributed by atoms with Crippen molar-refractivity contribution in [1.82, 2.24) is 4.98 Å². The first kappa shape index (κ1) is 10.7. The van der Waals surface area contributed by atoms with Crippen molar-refractivity contribution in [3.05, 3.63) is 30.1 Å². The van der Waals surface area contributed by atoms with Gasteiger partial charge in [-0.1, -0.05) is 0 Å². The number of Topliss-reactive ketones (excluding diaryl/α,β-unsaturated/α-hetero) is 1. The molecule has 1 aliphatic rings. The Morgan fingerprint density at radius 3 is 2.67 bits per heavy atom. The van der Waals surface area contributed by atoms with Gasteiger partial charge in [-0.2, -0.15) is 11.8 Å². The van der Waals surface area contributed by atoms with Crippen molar-refractivity contribution in [3.8, 4) is 0 Å². The van der Waals surface area contributed by atoms with Crippen LogP contribution in [-0.4, -0.2) is 22.3 Å². The van der Waals surface area contributed by atoms with Crippen LogP contribution in [0.5, 0.6) is 0 Å². The highest BCUT2D eigenvalue weighted by Gasteiger charge is 2.17. The van der Waals surface area contributed by atoms with Crippen LogP contribution in [0.3, 0.4) is 0 Å². The Balaban J connectivity index is 1.91. The summed E-state index contributed by atoms with van der Waals surface area (Å²) < 4.78 is 0. The summed E-state index contributed by atoms with van der Waals surface area (Å²) in [6.07, 6.45) is 6.47. The summed E-state index contributed by atoms with van der Waals surface area (Å²) in [5.41, 5.74) is 0.809. The first-order valence-electron chi connectivity index (χ1n) is 5.37. The molecule has 2 heterocycles. The van der Waals surface area contributed by atoms with E-state index >= 15 is 0 Å². The van der Waals surface area contributed by atoms with Crippen molar-refractivity contribution in [2.24, 2.45) is 5.92 Å². The quantitative estimate of drug-likeness (QED) is 0.735. The molecule has 1 saturated heterocycles. The van der Waals surface area contributed by atoms with Gasteiger partial charge in [0.1, 0.15) is 0 Å². The number of rotatable bonds is 3. The van der Waals surface area contributed by atoms with E-state index in [-0.39, 0.29) is 5.78 Å². The fraction of sp³-hybridized carbons (Fsp3) is 0.500.